The van der Waals surface area contributed by atoms with Crippen LogP contribution in [0.15, 0.2) is 30.3 Å². The smallest absolute Gasteiger partial charge is 0.328 e. The van der Waals surface area contributed by atoms with E-state index >= 15 is 0 Å². The van der Waals surface area contributed by atoms with Crippen LogP contribution < -0.4 is 10.6 Å². The molecular weight excluding hydrogens is 332 g/mol. The number of methoxy groups -OCH3 is 1. The van der Waals surface area contributed by atoms with Gasteiger partial charge in [0.1, 0.15) is 6.04 Å². The van der Waals surface area contributed by atoms with Crippen molar-refractivity contribution in [3.63, 3.8) is 0 Å². The molecule has 0 aliphatic carbocycles. The number of esters is 1. The minimum atomic E-state index is -0.743. The van der Waals surface area contributed by atoms with Crippen molar-refractivity contribution in [2.45, 2.75) is 51.1 Å². The van der Waals surface area contributed by atoms with Crippen molar-refractivity contribution in [1.29, 1.82) is 0 Å². The lowest BCUT2D eigenvalue weighted by atomic mass is 10.1. The molecule has 0 bridgehead atoms. The van der Waals surface area contributed by atoms with Gasteiger partial charge in [-0.05, 0) is 25.3 Å². The van der Waals surface area contributed by atoms with Gasteiger partial charge in [-0.3, -0.25) is 9.59 Å². The molecule has 0 saturated carbocycles. The first-order valence-corrected chi connectivity index (χ1v) is 8.63. The van der Waals surface area contributed by atoms with E-state index < -0.39 is 12.0 Å². The van der Waals surface area contributed by atoms with Crippen molar-refractivity contribution in [2.75, 3.05) is 7.11 Å². The Hall–Kier alpha value is -2.81. The average molecular weight is 358 g/mol. The summed E-state index contributed by atoms with van der Waals surface area (Å²) >= 11 is 0. The molecule has 0 aliphatic rings. The summed E-state index contributed by atoms with van der Waals surface area (Å²) in [6, 6.07) is 8.68. The molecule has 1 aromatic carbocycles. The normalized spacial score (nSPS) is 12.3. The van der Waals surface area contributed by atoms with E-state index in [0.29, 0.717) is 19.3 Å². The molecule has 0 fully saturated rings. The highest BCUT2D eigenvalue weighted by Crippen LogP contribution is 2.11. The molecule has 2 N–H and O–H groups in total. The Balaban J connectivity index is 2.42. The number of benzene rings is 1. The summed E-state index contributed by atoms with van der Waals surface area (Å²) in [5, 5.41) is 5.45. The average Bonchev–Trinajstić information content (AvgIpc) is 2.65. The quantitative estimate of drug-likeness (QED) is 0.381. The maximum atomic E-state index is 12.0. The van der Waals surface area contributed by atoms with Crippen molar-refractivity contribution in [1.82, 2.24) is 10.6 Å². The van der Waals surface area contributed by atoms with Crippen LogP contribution in [-0.4, -0.2) is 30.9 Å². The molecule has 1 aromatic rings. The van der Waals surface area contributed by atoms with Crippen molar-refractivity contribution in [3.8, 4) is 12.3 Å². The Morgan fingerprint density at radius 3 is 2.31 bits per heavy atom. The van der Waals surface area contributed by atoms with E-state index in [9.17, 15) is 14.4 Å². The predicted molar refractivity (Wildman–Crippen MR) is 98.9 cm³/mol. The fraction of sp³-hybridized carbons (Fsp3) is 0.450. The van der Waals surface area contributed by atoms with Crippen LogP contribution >= 0.6 is 0 Å². The molecule has 26 heavy (non-hydrogen) atoms. The molecule has 0 aromatic heterocycles. The second-order valence-electron chi connectivity index (χ2n) is 5.94. The van der Waals surface area contributed by atoms with Gasteiger partial charge >= 0.3 is 5.97 Å². The Morgan fingerprint density at radius 1 is 1.12 bits per heavy atom. The first-order chi connectivity index (χ1) is 12.5. The highest BCUT2D eigenvalue weighted by atomic mass is 16.5. The zero-order valence-electron chi connectivity index (χ0n) is 15.3. The van der Waals surface area contributed by atoms with E-state index in [2.05, 4.69) is 21.3 Å². The summed E-state index contributed by atoms with van der Waals surface area (Å²) in [7, 11) is 1.26. The number of hydrogen-bond acceptors (Lipinski definition) is 4. The molecule has 0 unspecified atom stereocenters. The van der Waals surface area contributed by atoms with Crippen LogP contribution in [0.2, 0.25) is 0 Å². The monoisotopic (exact) mass is 358 g/mol. The molecule has 140 valence electrons. The van der Waals surface area contributed by atoms with Gasteiger partial charge in [-0.15, -0.1) is 12.3 Å². The third-order valence-electron chi connectivity index (χ3n) is 3.89. The molecule has 0 saturated heterocycles. The van der Waals surface area contributed by atoms with Crippen LogP contribution in [0, 0.1) is 12.3 Å². The van der Waals surface area contributed by atoms with Gasteiger partial charge in [-0.1, -0.05) is 30.3 Å². The maximum absolute atomic E-state index is 12.0. The van der Waals surface area contributed by atoms with Crippen molar-refractivity contribution >= 4 is 17.8 Å². The third-order valence-corrected chi connectivity index (χ3v) is 3.89. The van der Waals surface area contributed by atoms with E-state index in [1.54, 1.807) is 0 Å². The number of hydrogen-bond donors (Lipinski definition) is 2. The Kier molecular flexibility index (Phi) is 9.55. The van der Waals surface area contributed by atoms with Gasteiger partial charge in [-0.25, -0.2) is 4.79 Å². The van der Waals surface area contributed by atoms with Gasteiger partial charge in [0.05, 0.1) is 13.2 Å². The first-order valence-electron chi connectivity index (χ1n) is 8.63. The van der Waals surface area contributed by atoms with E-state index in [-0.39, 0.29) is 30.7 Å². The van der Waals surface area contributed by atoms with Crippen molar-refractivity contribution in [3.05, 3.63) is 35.9 Å². The molecule has 0 aliphatic heterocycles. The zero-order chi connectivity index (χ0) is 19.4. The molecule has 1 rings (SSSR count). The van der Waals surface area contributed by atoms with Gasteiger partial charge in [0.2, 0.25) is 11.8 Å². The fourth-order valence-corrected chi connectivity index (χ4v) is 2.43. The van der Waals surface area contributed by atoms with E-state index in [4.69, 9.17) is 6.42 Å². The lowest BCUT2D eigenvalue weighted by molar-refractivity contribution is -0.145. The molecule has 0 radical (unpaired) electrons. The predicted octanol–water partition coefficient (Wildman–Crippen LogP) is 2.11. The lowest BCUT2D eigenvalue weighted by Crippen LogP contribution is -2.41. The minimum Gasteiger partial charge on any atom is -0.467 e. The van der Waals surface area contributed by atoms with E-state index in [0.717, 1.165) is 5.56 Å². The van der Waals surface area contributed by atoms with Gasteiger partial charge in [0.15, 0.2) is 0 Å². The highest BCUT2D eigenvalue weighted by molar-refractivity contribution is 5.87. The second kappa shape index (κ2) is 11.7. The van der Waals surface area contributed by atoms with Crippen molar-refractivity contribution < 1.29 is 19.1 Å². The zero-order valence-corrected chi connectivity index (χ0v) is 15.3. The second-order valence-corrected chi connectivity index (χ2v) is 5.94. The third kappa shape index (κ3) is 7.84. The maximum Gasteiger partial charge on any atom is 0.328 e. The number of rotatable bonds is 10. The molecular formula is C20H26N2O4. The molecule has 0 spiro atoms. The summed E-state index contributed by atoms with van der Waals surface area (Å²) in [5.74, 6) is 1.38. The Morgan fingerprint density at radius 2 is 1.73 bits per heavy atom. The molecule has 6 heteroatoms. The van der Waals surface area contributed by atoms with Gasteiger partial charge in [0, 0.05) is 19.3 Å². The van der Waals surface area contributed by atoms with E-state index in [1.165, 1.54) is 7.11 Å². The standard InChI is InChI=1S/C20H26N2O4/c1-4-5-7-12-17(20(25)26-3)22-19(24)14-13-18(23)21-15(2)16-10-8-6-9-11-16/h1,6,8-11,15,17H,5,7,12-14H2,2-3H3,(H,21,23)(H,22,24)/t15-,17+/m1/s1. The molecule has 6 nitrogen and oxygen atoms in total. The summed E-state index contributed by atoms with van der Waals surface area (Å²) < 4.78 is 4.69. The van der Waals surface area contributed by atoms with Gasteiger partial charge < -0.3 is 15.4 Å². The summed E-state index contributed by atoms with van der Waals surface area (Å²) in [5.41, 5.74) is 0.990. The number of ether oxygens (including phenoxy) is 1. The minimum absolute atomic E-state index is 0.00399. The van der Waals surface area contributed by atoms with Crippen LogP contribution in [0.4, 0.5) is 0 Å². The van der Waals surface area contributed by atoms with Crippen LogP contribution in [0.3, 0.4) is 0 Å². The summed E-state index contributed by atoms with van der Waals surface area (Å²) in [6.07, 6.45) is 6.75. The Bertz CT molecular complexity index is 637. The summed E-state index contributed by atoms with van der Waals surface area (Å²) in [4.78, 5) is 35.8. The molecule has 0 heterocycles. The summed E-state index contributed by atoms with van der Waals surface area (Å²) in [6.45, 7) is 1.88. The SMILES string of the molecule is C#CCCC[C@H](NC(=O)CCC(=O)N[C@H](C)c1ccccc1)C(=O)OC. The van der Waals surface area contributed by atoms with Crippen LogP contribution in [-0.2, 0) is 19.1 Å². The number of unbranched alkanes of at least 4 members (excludes halogenated alkanes) is 1. The van der Waals surface area contributed by atoms with E-state index in [1.807, 2.05) is 37.3 Å². The van der Waals surface area contributed by atoms with Crippen LogP contribution in [0.5, 0.6) is 0 Å². The fourth-order valence-electron chi connectivity index (χ4n) is 2.43. The van der Waals surface area contributed by atoms with Crippen molar-refractivity contribution in [2.24, 2.45) is 0 Å². The largest absolute Gasteiger partial charge is 0.467 e. The first kappa shape index (κ1) is 21.2. The number of carbonyl (C=O) groups is 3. The number of nitrogens with one attached hydrogen (secondary N) is 2. The molecule has 2 atom stereocenters. The highest BCUT2D eigenvalue weighted by Gasteiger charge is 2.21. The van der Waals surface area contributed by atoms with Crippen LogP contribution in [0.25, 0.3) is 0 Å². The number of carbonyl (C=O) groups excluding carboxylic acids is 3. The molecule has 2 amide bonds. The number of terminal acetylenes is 1. The Labute approximate surface area is 154 Å². The van der Waals surface area contributed by atoms with Gasteiger partial charge in [-0.2, -0.15) is 0 Å². The van der Waals surface area contributed by atoms with Gasteiger partial charge in [0.25, 0.3) is 0 Å². The topological polar surface area (TPSA) is 84.5 Å². The number of amides is 2. The lowest BCUT2D eigenvalue weighted by Gasteiger charge is -2.17. The van der Waals surface area contributed by atoms with Crippen LogP contribution in [0.1, 0.15) is 50.6 Å².